The van der Waals surface area contributed by atoms with E-state index in [9.17, 15) is 9.90 Å². The van der Waals surface area contributed by atoms with Crippen LogP contribution in [0.25, 0.3) is 0 Å². The first kappa shape index (κ1) is 16.3. The van der Waals surface area contributed by atoms with Crippen molar-refractivity contribution in [2.75, 3.05) is 25.5 Å². The number of likely N-dealkylation sites (N-methyl/N-ethyl adjacent to an activating group) is 1. The van der Waals surface area contributed by atoms with Crippen LogP contribution in [0.5, 0.6) is 5.75 Å². The van der Waals surface area contributed by atoms with Gasteiger partial charge in [0.1, 0.15) is 5.75 Å². The lowest BCUT2D eigenvalue weighted by Gasteiger charge is -2.45. The highest BCUT2D eigenvalue weighted by atomic mass is 16.5. The summed E-state index contributed by atoms with van der Waals surface area (Å²) < 4.78 is 6.19. The minimum absolute atomic E-state index is 0.0462. The van der Waals surface area contributed by atoms with Crippen LogP contribution in [0, 0.1) is 0 Å². The van der Waals surface area contributed by atoms with E-state index in [-0.39, 0.29) is 12.0 Å². The van der Waals surface area contributed by atoms with Gasteiger partial charge in [-0.2, -0.15) is 0 Å². The van der Waals surface area contributed by atoms with Crippen molar-refractivity contribution in [3.05, 3.63) is 24.3 Å². The first-order valence-corrected chi connectivity index (χ1v) is 8.57. The number of nitrogens with one attached hydrogen (secondary N) is 1. The van der Waals surface area contributed by atoms with Crippen molar-refractivity contribution in [2.24, 2.45) is 0 Å². The lowest BCUT2D eigenvalue weighted by atomic mass is 9.97. The molecule has 1 aromatic rings. The van der Waals surface area contributed by atoms with Crippen LogP contribution >= 0.6 is 0 Å². The Morgan fingerprint density at radius 2 is 1.87 bits per heavy atom. The molecule has 2 bridgehead atoms. The van der Waals surface area contributed by atoms with Gasteiger partial charge in [-0.3, -0.25) is 4.79 Å². The molecule has 2 N–H and O–H groups in total. The monoisotopic (exact) mass is 319 g/mol. The summed E-state index contributed by atoms with van der Waals surface area (Å²) >= 11 is 0. The number of hydrogen-bond donors (Lipinski definition) is 2. The van der Waals surface area contributed by atoms with E-state index in [0.717, 1.165) is 41.6 Å². The highest BCUT2D eigenvalue weighted by Crippen LogP contribution is 2.41. The normalized spacial score (nSPS) is 32.6. The Bertz CT molecular complexity index is 544. The number of amides is 1. The summed E-state index contributed by atoms with van der Waals surface area (Å²) in [5.74, 6) is 0.859. The number of aliphatic hydroxyl groups is 1. The molecule has 2 fully saturated rings. The van der Waals surface area contributed by atoms with Crippen molar-refractivity contribution >= 4 is 11.6 Å². The van der Waals surface area contributed by atoms with Crippen molar-refractivity contribution < 1.29 is 19.1 Å². The molecule has 2 aliphatic rings. The predicted molar refractivity (Wildman–Crippen MR) is 89.3 cm³/mol. The smallest absolute Gasteiger partial charge is 0.279 e. The zero-order valence-electron chi connectivity index (χ0n) is 14.0. The van der Waals surface area contributed by atoms with E-state index >= 15 is 0 Å². The van der Waals surface area contributed by atoms with Gasteiger partial charge in [-0.05, 0) is 31.2 Å². The lowest BCUT2D eigenvalue weighted by molar-refractivity contribution is -0.942. The third-order valence-electron chi connectivity index (χ3n) is 5.52. The Balaban J connectivity index is 1.61. The van der Waals surface area contributed by atoms with Crippen LogP contribution in [-0.4, -0.2) is 53.9 Å². The molecule has 5 heteroatoms. The highest BCUT2D eigenvalue weighted by Gasteiger charge is 2.51. The number of carbonyl (C=O) groups excluding carboxylic acids is 1. The van der Waals surface area contributed by atoms with E-state index in [1.807, 2.05) is 31.2 Å². The predicted octanol–water partition coefficient (Wildman–Crippen LogP) is 2.16. The molecule has 0 radical (unpaired) electrons. The van der Waals surface area contributed by atoms with E-state index in [1.54, 1.807) is 0 Å². The largest absolute Gasteiger partial charge is 0.494 e. The second-order valence-corrected chi connectivity index (χ2v) is 7.02. The number of fused-ring (bicyclic) bond motifs is 2. The summed E-state index contributed by atoms with van der Waals surface area (Å²) in [5, 5.41) is 12.9. The second kappa shape index (κ2) is 6.49. The molecule has 1 aromatic carbocycles. The molecule has 1 amide bonds. The van der Waals surface area contributed by atoms with E-state index in [1.165, 1.54) is 0 Å². The van der Waals surface area contributed by atoms with Crippen molar-refractivity contribution in [1.29, 1.82) is 0 Å². The quantitative estimate of drug-likeness (QED) is 0.818. The lowest BCUT2D eigenvalue weighted by Crippen LogP contribution is -2.61. The average Bonchev–Trinajstić information content (AvgIpc) is 2.69. The van der Waals surface area contributed by atoms with Crippen LogP contribution < -0.4 is 10.1 Å². The number of hydrogen-bond acceptors (Lipinski definition) is 3. The van der Waals surface area contributed by atoms with Gasteiger partial charge in [0, 0.05) is 31.4 Å². The summed E-state index contributed by atoms with van der Waals surface area (Å²) in [4.78, 5) is 12.5. The zero-order chi connectivity index (χ0) is 16.4. The maximum Gasteiger partial charge on any atom is 0.279 e. The van der Waals surface area contributed by atoms with Crippen LogP contribution in [-0.2, 0) is 4.79 Å². The molecule has 3 rings (SSSR count). The van der Waals surface area contributed by atoms with Gasteiger partial charge in [0.15, 0.2) is 6.54 Å². The Morgan fingerprint density at radius 3 is 2.43 bits per heavy atom. The molecule has 2 aliphatic heterocycles. The molecular weight excluding hydrogens is 292 g/mol. The molecular formula is C18H27N2O3+. The number of rotatable bonds is 5. The Hall–Kier alpha value is -1.59. The summed E-state index contributed by atoms with van der Waals surface area (Å²) in [7, 11) is 2.17. The van der Waals surface area contributed by atoms with Crippen LogP contribution in [0.4, 0.5) is 5.69 Å². The summed E-state index contributed by atoms with van der Waals surface area (Å²) in [5.41, 5.74) is 0.800. The SMILES string of the molecule is CCOc1ccc(NC(=O)C[N+]2(C)C3CCC2CC(O)C3)cc1. The Labute approximate surface area is 137 Å². The highest BCUT2D eigenvalue weighted by molar-refractivity contribution is 5.91. The maximum absolute atomic E-state index is 12.5. The first-order chi connectivity index (χ1) is 11.0. The van der Waals surface area contributed by atoms with Crippen LogP contribution in [0.15, 0.2) is 24.3 Å². The van der Waals surface area contributed by atoms with E-state index in [2.05, 4.69) is 12.4 Å². The maximum atomic E-state index is 12.5. The van der Waals surface area contributed by atoms with E-state index in [4.69, 9.17) is 4.74 Å². The molecule has 126 valence electrons. The zero-order valence-corrected chi connectivity index (χ0v) is 14.0. The van der Waals surface area contributed by atoms with Crippen molar-refractivity contribution in [3.63, 3.8) is 0 Å². The third-order valence-corrected chi connectivity index (χ3v) is 5.52. The number of benzene rings is 1. The van der Waals surface area contributed by atoms with Gasteiger partial charge in [-0.25, -0.2) is 0 Å². The van der Waals surface area contributed by atoms with Crippen LogP contribution in [0.3, 0.4) is 0 Å². The molecule has 5 nitrogen and oxygen atoms in total. The van der Waals surface area contributed by atoms with Gasteiger partial charge in [0.25, 0.3) is 5.91 Å². The molecule has 2 heterocycles. The number of piperidine rings is 1. The molecule has 0 saturated carbocycles. The molecule has 2 unspecified atom stereocenters. The summed E-state index contributed by atoms with van der Waals surface area (Å²) in [6, 6.07) is 8.31. The fourth-order valence-electron chi connectivity index (χ4n) is 4.28. The van der Waals surface area contributed by atoms with E-state index in [0.29, 0.717) is 25.2 Å². The molecule has 0 spiro atoms. The number of nitrogens with zero attached hydrogens (tertiary/aromatic N) is 1. The Morgan fingerprint density at radius 1 is 1.26 bits per heavy atom. The Kier molecular flexibility index (Phi) is 4.60. The van der Waals surface area contributed by atoms with Gasteiger partial charge in [-0.1, -0.05) is 0 Å². The number of ether oxygens (including phenoxy) is 1. The molecule has 2 atom stereocenters. The van der Waals surface area contributed by atoms with E-state index < -0.39 is 0 Å². The van der Waals surface area contributed by atoms with Gasteiger partial charge in [-0.15, -0.1) is 0 Å². The van der Waals surface area contributed by atoms with Crippen molar-refractivity contribution in [1.82, 2.24) is 0 Å². The minimum Gasteiger partial charge on any atom is -0.494 e. The number of aliphatic hydroxyl groups excluding tert-OH is 1. The van der Waals surface area contributed by atoms with Crippen molar-refractivity contribution in [3.8, 4) is 5.75 Å². The van der Waals surface area contributed by atoms with Crippen molar-refractivity contribution in [2.45, 2.75) is 50.8 Å². The first-order valence-electron chi connectivity index (χ1n) is 8.57. The fourth-order valence-corrected chi connectivity index (χ4v) is 4.28. The standard InChI is InChI=1S/C18H26N2O3/c1-3-23-17-8-4-13(5-9-17)19-18(22)12-20(2)14-6-7-15(20)11-16(21)10-14/h4-5,8-9,14-16,21H,3,6-7,10-12H2,1-2H3/p+1. The molecule has 23 heavy (non-hydrogen) atoms. The van der Waals surface area contributed by atoms with Gasteiger partial charge in [0.05, 0.1) is 31.8 Å². The van der Waals surface area contributed by atoms with Crippen LogP contribution in [0.1, 0.15) is 32.6 Å². The average molecular weight is 319 g/mol. The number of quaternary nitrogens is 1. The van der Waals surface area contributed by atoms with Gasteiger partial charge in [0.2, 0.25) is 0 Å². The topological polar surface area (TPSA) is 58.6 Å². The number of carbonyl (C=O) groups is 1. The van der Waals surface area contributed by atoms with Gasteiger partial charge >= 0.3 is 0 Å². The summed E-state index contributed by atoms with van der Waals surface area (Å²) in [6.45, 7) is 3.06. The van der Waals surface area contributed by atoms with Crippen LogP contribution in [0.2, 0.25) is 0 Å². The second-order valence-electron chi connectivity index (χ2n) is 7.02. The molecule has 0 aliphatic carbocycles. The summed E-state index contributed by atoms with van der Waals surface area (Å²) in [6.07, 6.45) is 3.70. The minimum atomic E-state index is -0.187. The molecule has 2 saturated heterocycles. The molecule has 0 aromatic heterocycles. The van der Waals surface area contributed by atoms with Gasteiger partial charge < -0.3 is 19.6 Å². The number of anilines is 1. The third kappa shape index (κ3) is 3.35. The fraction of sp³-hybridized carbons (Fsp3) is 0.611.